The number of benzene rings is 2. The number of fused-ring (bicyclic) bond motifs is 1. The Hall–Kier alpha value is -1.58. The molecule has 3 nitrogen and oxygen atoms in total. The van der Waals surface area contributed by atoms with Gasteiger partial charge in [0.1, 0.15) is 0 Å². The zero-order valence-corrected chi connectivity index (χ0v) is 11.9. The lowest BCUT2D eigenvalue weighted by Gasteiger charge is -2.27. The highest BCUT2D eigenvalue weighted by molar-refractivity contribution is 5.85. The van der Waals surface area contributed by atoms with Crippen molar-refractivity contribution in [2.75, 3.05) is 25.1 Å². The van der Waals surface area contributed by atoms with Crippen LogP contribution in [0.2, 0.25) is 0 Å². The Morgan fingerprint density at radius 1 is 1.25 bits per heavy atom. The number of ether oxygens (including phenoxy) is 1. The maximum Gasteiger partial charge on any atom is 0.0621 e. The number of rotatable bonds is 4. The maximum absolute atomic E-state index is 5.50. The van der Waals surface area contributed by atoms with Crippen molar-refractivity contribution >= 4 is 16.5 Å². The average Bonchev–Trinajstić information content (AvgIpc) is 2.48. The second kappa shape index (κ2) is 6.25. The molecule has 1 heterocycles. The van der Waals surface area contributed by atoms with E-state index in [1.54, 1.807) is 0 Å². The molecule has 0 amide bonds. The summed E-state index contributed by atoms with van der Waals surface area (Å²) in [6.45, 7) is 4.85. The zero-order chi connectivity index (χ0) is 13.8. The number of nitrogens with one attached hydrogen (secondary N) is 2. The van der Waals surface area contributed by atoms with Crippen LogP contribution in [0.1, 0.15) is 13.3 Å². The average molecular weight is 270 g/mol. The van der Waals surface area contributed by atoms with Crippen LogP contribution >= 0.6 is 0 Å². The molecule has 106 valence electrons. The van der Waals surface area contributed by atoms with E-state index in [2.05, 4.69) is 60.0 Å². The number of anilines is 1. The molecule has 0 saturated carbocycles. The molecule has 3 heteroatoms. The van der Waals surface area contributed by atoms with Gasteiger partial charge in [0.25, 0.3) is 0 Å². The Balaban J connectivity index is 1.62. The summed E-state index contributed by atoms with van der Waals surface area (Å²) in [5.74, 6) is 0. The lowest BCUT2D eigenvalue weighted by atomic mass is 10.1. The van der Waals surface area contributed by atoms with Gasteiger partial charge in [-0.1, -0.05) is 30.3 Å². The van der Waals surface area contributed by atoms with Gasteiger partial charge in [-0.25, -0.2) is 0 Å². The first-order chi connectivity index (χ1) is 9.81. The molecule has 20 heavy (non-hydrogen) atoms. The van der Waals surface area contributed by atoms with Crippen LogP contribution in [0.4, 0.5) is 5.69 Å². The van der Waals surface area contributed by atoms with Gasteiger partial charge in [0, 0.05) is 24.3 Å². The summed E-state index contributed by atoms with van der Waals surface area (Å²) in [7, 11) is 0. The van der Waals surface area contributed by atoms with Crippen molar-refractivity contribution in [3.63, 3.8) is 0 Å². The predicted molar refractivity (Wildman–Crippen MR) is 84.3 cm³/mol. The molecule has 0 radical (unpaired) electrons. The molecule has 2 aromatic carbocycles. The van der Waals surface area contributed by atoms with Gasteiger partial charge in [0.2, 0.25) is 0 Å². The molecule has 1 saturated heterocycles. The van der Waals surface area contributed by atoms with Crippen molar-refractivity contribution in [3.05, 3.63) is 42.5 Å². The predicted octanol–water partition coefficient (Wildman–Crippen LogP) is 3.02. The van der Waals surface area contributed by atoms with Gasteiger partial charge in [0.05, 0.1) is 13.2 Å². The van der Waals surface area contributed by atoms with E-state index in [9.17, 15) is 0 Å². The molecule has 2 aromatic rings. The third-order valence-electron chi connectivity index (χ3n) is 3.80. The number of morpholine rings is 1. The first kappa shape index (κ1) is 13.4. The Morgan fingerprint density at radius 2 is 2.10 bits per heavy atom. The highest BCUT2D eigenvalue weighted by atomic mass is 16.5. The molecule has 2 atom stereocenters. The minimum absolute atomic E-state index is 0.426. The van der Waals surface area contributed by atoms with Crippen molar-refractivity contribution in [1.29, 1.82) is 0 Å². The van der Waals surface area contributed by atoms with E-state index in [1.807, 2.05) is 0 Å². The van der Waals surface area contributed by atoms with Crippen LogP contribution in [-0.4, -0.2) is 31.8 Å². The van der Waals surface area contributed by atoms with Crippen LogP contribution < -0.4 is 10.6 Å². The minimum Gasteiger partial charge on any atom is -0.383 e. The Labute approximate surface area is 120 Å². The fourth-order valence-electron chi connectivity index (χ4n) is 2.82. The molecule has 2 N–H and O–H groups in total. The summed E-state index contributed by atoms with van der Waals surface area (Å²) in [6.07, 6.45) is 1.08. The SMILES string of the molecule is CC(CC1COCCN1)Nc1ccc2ccccc2c1. The second-order valence-electron chi connectivity index (χ2n) is 5.57. The van der Waals surface area contributed by atoms with E-state index in [0.29, 0.717) is 12.1 Å². The summed E-state index contributed by atoms with van der Waals surface area (Å²) in [5.41, 5.74) is 1.19. The summed E-state index contributed by atoms with van der Waals surface area (Å²) >= 11 is 0. The summed E-state index contributed by atoms with van der Waals surface area (Å²) < 4.78 is 5.50. The monoisotopic (exact) mass is 270 g/mol. The molecule has 1 aliphatic heterocycles. The van der Waals surface area contributed by atoms with E-state index in [1.165, 1.54) is 16.5 Å². The van der Waals surface area contributed by atoms with Crippen LogP contribution in [0.15, 0.2) is 42.5 Å². The van der Waals surface area contributed by atoms with Crippen molar-refractivity contribution in [3.8, 4) is 0 Å². The van der Waals surface area contributed by atoms with E-state index < -0.39 is 0 Å². The fourth-order valence-corrected chi connectivity index (χ4v) is 2.82. The van der Waals surface area contributed by atoms with Crippen LogP contribution in [0.25, 0.3) is 10.8 Å². The molecule has 0 spiro atoms. The lowest BCUT2D eigenvalue weighted by molar-refractivity contribution is 0.0731. The van der Waals surface area contributed by atoms with Gasteiger partial charge < -0.3 is 15.4 Å². The Bertz CT molecular complexity index is 564. The van der Waals surface area contributed by atoms with Crippen LogP contribution in [-0.2, 0) is 4.74 Å². The van der Waals surface area contributed by atoms with Crippen LogP contribution in [0.5, 0.6) is 0 Å². The second-order valence-corrected chi connectivity index (χ2v) is 5.57. The van der Waals surface area contributed by atoms with Gasteiger partial charge in [-0.2, -0.15) is 0 Å². The zero-order valence-electron chi connectivity index (χ0n) is 11.9. The third kappa shape index (κ3) is 3.30. The smallest absolute Gasteiger partial charge is 0.0621 e. The van der Waals surface area contributed by atoms with Crippen molar-refractivity contribution < 1.29 is 4.74 Å². The summed E-state index contributed by atoms with van der Waals surface area (Å²) in [5, 5.41) is 9.65. The van der Waals surface area contributed by atoms with Gasteiger partial charge in [-0.05, 0) is 36.2 Å². The highest BCUT2D eigenvalue weighted by Gasteiger charge is 2.16. The highest BCUT2D eigenvalue weighted by Crippen LogP contribution is 2.20. The maximum atomic E-state index is 5.50. The van der Waals surface area contributed by atoms with E-state index >= 15 is 0 Å². The van der Waals surface area contributed by atoms with E-state index in [0.717, 1.165) is 26.2 Å². The fraction of sp³-hybridized carbons (Fsp3) is 0.412. The first-order valence-electron chi connectivity index (χ1n) is 7.38. The van der Waals surface area contributed by atoms with Gasteiger partial charge >= 0.3 is 0 Å². The van der Waals surface area contributed by atoms with E-state index in [4.69, 9.17) is 4.74 Å². The van der Waals surface area contributed by atoms with Crippen molar-refractivity contribution in [2.24, 2.45) is 0 Å². The Kier molecular flexibility index (Phi) is 4.19. The molecule has 1 fully saturated rings. The molecule has 0 aliphatic carbocycles. The molecule has 0 aromatic heterocycles. The molecular formula is C17H22N2O. The number of hydrogen-bond donors (Lipinski definition) is 2. The first-order valence-corrected chi connectivity index (χ1v) is 7.38. The van der Waals surface area contributed by atoms with Crippen molar-refractivity contribution in [2.45, 2.75) is 25.4 Å². The standard InChI is InChI=1S/C17H22N2O/c1-13(10-17-12-20-9-8-18-17)19-16-7-6-14-4-2-3-5-15(14)11-16/h2-7,11,13,17-19H,8-10,12H2,1H3. The van der Waals surface area contributed by atoms with Crippen molar-refractivity contribution in [1.82, 2.24) is 5.32 Å². The Morgan fingerprint density at radius 3 is 2.90 bits per heavy atom. The van der Waals surface area contributed by atoms with Gasteiger partial charge in [-0.15, -0.1) is 0 Å². The summed E-state index contributed by atoms with van der Waals surface area (Å²) in [6, 6.07) is 15.9. The van der Waals surface area contributed by atoms with Crippen LogP contribution in [0, 0.1) is 0 Å². The van der Waals surface area contributed by atoms with Gasteiger partial charge in [-0.3, -0.25) is 0 Å². The van der Waals surface area contributed by atoms with E-state index in [-0.39, 0.29) is 0 Å². The minimum atomic E-state index is 0.426. The van der Waals surface area contributed by atoms with Gasteiger partial charge in [0.15, 0.2) is 0 Å². The number of hydrogen-bond acceptors (Lipinski definition) is 3. The summed E-state index contributed by atoms with van der Waals surface area (Å²) in [4.78, 5) is 0. The van der Waals surface area contributed by atoms with Crippen LogP contribution in [0.3, 0.4) is 0 Å². The topological polar surface area (TPSA) is 33.3 Å². The normalized spacial score (nSPS) is 20.8. The lowest BCUT2D eigenvalue weighted by Crippen LogP contribution is -2.43. The molecule has 0 bridgehead atoms. The molecular weight excluding hydrogens is 248 g/mol. The molecule has 2 unspecified atom stereocenters. The quantitative estimate of drug-likeness (QED) is 0.896. The largest absolute Gasteiger partial charge is 0.383 e. The molecule has 3 rings (SSSR count). The molecule has 1 aliphatic rings. The third-order valence-corrected chi connectivity index (χ3v) is 3.80.